The number of anilines is 1. The summed E-state index contributed by atoms with van der Waals surface area (Å²) in [4.78, 5) is 22.7. The van der Waals surface area contributed by atoms with E-state index in [4.69, 9.17) is 10.5 Å². The Hall–Kier alpha value is -2.34. The van der Waals surface area contributed by atoms with E-state index in [0.717, 1.165) is 29.4 Å². The molecule has 0 aliphatic rings. The van der Waals surface area contributed by atoms with E-state index in [2.05, 4.69) is 33.4 Å². The quantitative estimate of drug-likeness (QED) is 0.570. The summed E-state index contributed by atoms with van der Waals surface area (Å²) < 4.78 is 6.46. The lowest BCUT2D eigenvalue weighted by molar-refractivity contribution is -0.118. The van der Waals surface area contributed by atoms with Crippen molar-refractivity contribution in [2.75, 3.05) is 11.9 Å². The molecule has 0 atom stereocenters. The fourth-order valence-electron chi connectivity index (χ4n) is 2.39. The molecule has 138 valence electrons. The Morgan fingerprint density at radius 3 is 2.31 bits per heavy atom. The number of carbonyl (C=O) groups excluding carboxylic acids is 2. The molecule has 0 aliphatic carbocycles. The zero-order valence-electron chi connectivity index (χ0n) is 14.5. The van der Waals surface area contributed by atoms with Crippen LogP contribution in [0.5, 0.6) is 5.75 Å². The predicted octanol–water partition coefficient (Wildman–Crippen LogP) is 4.05. The van der Waals surface area contributed by atoms with Crippen LogP contribution in [0.1, 0.15) is 31.2 Å². The van der Waals surface area contributed by atoms with Crippen molar-refractivity contribution in [3.8, 4) is 5.75 Å². The van der Waals surface area contributed by atoms with Crippen molar-refractivity contribution >= 4 is 33.4 Å². The van der Waals surface area contributed by atoms with Gasteiger partial charge in [0.2, 0.25) is 11.8 Å². The molecule has 0 bridgehead atoms. The molecule has 0 heterocycles. The Morgan fingerprint density at radius 1 is 0.962 bits per heavy atom. The second-order valence-corrected chi connectivity index (χ2v) is 6.89. The van der Waals surface area contributed by atoms with Crippen LogP contribution in [0.4, 0.5) is 5.69 Å². The van der Waals surface area contributed by atoms with Crippen LogP contribution in [0.25, 0.3) is 0 Å². The molecule has 0 fully saturated rings. The van der Waals surface area contributed by atoms with Crippen LogP contribution in [-0.4, -0.2) is 18.4 Å². The molecule has 5 nitrogen and oxygen atoms in total. The van der Waals surface area contributed by atoms with Gasteiger partial charge in [0.25, 0.3) is 0 Å². The zero-order chi connectivity index (χ0) is 18.8. The highest BCUT2D eigenvalue weighted by molar-refractivity contribution is 9.10. The number of primary amides is 1. The Bertz CT molecular complexity index is 715. The first-order valence-electron chi connectivity index (χ1n) is 8.58. The van der Waals surface area contributed by atoms with Gasteiger partial charge in [-0.25, -0.2) is 0 Å². The zero-order valence-corrected chi connectivity index (χ0v) is 16.1. The molecule has 0 aliphatic heterocycles. The number of carbonyl (C=O) groups is 2. The van der Waals surface area contributed by atoms with Gasteiger partial charge in [0.05, 0.1) is 13.0 Å². The average molecular weight is 419 g/mol. The number of nitrogens with one attached hydrogen (secondary N) is 1. The molecular formula is C20H23BrN2O3. The normalized spacial score (nSPS) is 10.3. The largest absolute Gasteiger partial charge is 0.493 e. The van der Waals surface area contributed by atoms with Gasteiger partial charge in [0, 0.05) is 16.6 Å². The van der Waals surface area contributed by atoms with E-state index in [0.29, 0.717) is 12.2 Å². The molecule has 0 radical (unpaired) electrons. The highest BCUT2D eigenvalue weighted by Gasteiger charge is 2.04. The van der Waals surface area contributed by atoms with Crippen molar-refractivity contribution in [3.63, 3.8) is 0 Å². The Labute approximate surface area is 162 Å². The number of hydrogen-bond donors (Lipinski definition) is 2. The molecule has 0 unspecified atom stereocenters. The molecule has 0 saturated carbocycles. The SMILES string of the molecule is NC(=O)CCOc1ccc(NC(=O)CCCCc2ccc(Br)cc2)cc1. The van der Waals surface area contributed by atoms with Crippen LogP contribution in [0.3, 0.4) is 0 Å². The van der Waals surface area contributed by atoms with Crippen molar-refractivity contribution in [1.82, 2.24) is 0 Å². The summed E-state index contributed by atoms with van der Waals surface area (Å²) in [7, 11) is 0. The van der Waals surface area contributed by atoms with Gasteiger partial charge >= 0.3 is 0 Å². The average Bonchev–Trinajstić information content (AvgIpc) is 2.61. The lowest BCUT2D eigenvalue weighted by Gasteiger charge is -2.08. The minimum atomic E-state index is -0.394. The number of rotatable bonds is 10. The second-order valence-electron chi connectivity index (χ2n) is 5.97. The maximum atomic E-state index is 12.0. The van der Waals surface area contributed by atoms with Crippen molar-refractivity contribution in [3.05, 3.63) is 58.6 Å². The van der Waals surface area contributed by atoms with E-state index >= 15 is 0 Å². The molecule has 2 amide bonds. The Kier molecular flexibility index (Phi) is 8.15. The van der Waals surface area contributed by atoms with E-state index < -0.39 is 5.91 Å². The second kappa shape index (κ2) is 10.6. The highest BCUT2D eigenvalue weighted by Crippen LogP contribution is 2.17. The van der Waals surface area contributed by atoms with Crippen molar-refractivity contribution in [2.45, 2.75) is 32.1 Å². The first-order valence-corrected chi connectivity index (χ1v) is 9.38. The van der Waals surface area contributed by atoms with Gasteiger partial charge in [-0.05, 0) is 61.2 Å². The van der Waals surface area contributed by atoms with Crippen LogP contribution in [0.15, 0.2) is 53.0 Å². The molecule has 26 heavy (non-hydrogen) atoms. The van der Waals surface area contributed by atoms with Crippen LogP contribution >= 0.6 is 15.9 Å². The van der Waals surface area contributed by atoms with Gasteiger partial charge in [-0.1, -0.05) is 28.1 Å². The number of hydrogen-bond acceptors (Lipinski definition) is 3. The predicted molar refractivity (Wildman–Crippen MR) is 106 cm³/mol. The van der Waals surface area contributed by atoms with E-state index in [9.17, 15) is 9.59 Å². The standard InChI is InChI=1S/C20H23BrN2O3/c21-16-7-5-15(6-8-16)3-1-2-4-20(25)23-17-9-11-18(12-10-17)26-14-13-19(22)24/h5-12H,1-4,13-14H2,(H2,22,24)(H,23,25). The number of benzene rings is 2. The maximum Gasteiger partial charge on any atom is 0.224 e. The summed E-state index contributed by atoms with van der Waals surface area (Å²) in [5.41, 5.74) is 7.06. The van der Waals surface area contributed by atoms with Gasteiger partial charge in [-0.2, -0.15) is 0 Å². The van der Waals surface area contributed by atoms with Crippen LogP contribution in [0, 0.1) is 0 Å². The lowest BCUT2D eigenvalue weighted by Crippen LogP contribution is -2.14. The molecule has 0 aromatic heterocycles. The molecule has 2 aromatic rings. The van der Waals surface area contributed by atoms with E-state index in [1.54, 1.807) is 24.3 Å². The number of halogens is 1. The topological polar surface area (TPSA) is 81.4 Å². The monoisotopic (exact) mass is 418 g/mol. The number of ether oxygens (including phenoxy) is 1. The molecule has 2 rings (SSSR count). The van der Waals surface area contributed by atoms with Gasteiger partial charge in [0.1, 0.15) is 5.75 Å². The molecular weight excluding hydrogens is 396 g/mol. The fraction of sp³-hybridized carbons (Fsp3) is 0.300. The van der Waals surface area contributed by atoms with E-state index in [-0.39, 0.29) is 18.9 Å². The third-order valence-corrected chi connectivity index (χ3v) is 4.32. The van der Waals surface area contributed by atoms with Crippen LogP contribution < -0.4 is 15.8 Å². The summed E-state index contributed by atoms with van der Waals surface area (Å²) in [6, 6.07) is 15.3. The summed E-state index contributed by atoms with van der Waals surface area (Å²) >= 11 is 3.42. The summed E-state index contributed by atoms with van der Waals surface area (Å²) in [5.74, 6) is 0.246. The smallest absolute Gasteiger partial charge is 0.224 e. The van der Waals surface area contributed by atoms with E-state index in [1.807, 2.05) is 12.1 Å². The van der Waals surface area contributed by atoms with Crippen molar-refractivity contribution in [2.24, 2.45) is 5.73 Å². The minimum Gasteiger partial charge on any atom is -0.493 e. The summed E-state index contributed by atoms with van der Waals surface area (Å²) in [5, 5.41) is 2.87. The third kappa shape index (κ3) is 7.70. The number of unbranched alkanes of at least 4 members (excludes halogenated alkanes) is 1. The van der Waals surface area contributed by atoms with Crippen molar-refractivity contribution in [1.29, 1.82) is 0 Å². The first-order chi connectivity index (χ1) is 12.5. The Balaban J connectivity index is 1.65. The molecule has 0 spiro atoms. The van der Waals surface area contributed by atoms with Gasteiger partial charge in [-0.3, -0.25) is 9.59 Å². The van der Waals surface area contributed by atoms with Gasteiger partial charge in [0.15, 0.2) is 0 Å². The lowest BCUT2D eigenvalue weighted by atomic mass is 10.1. The first kappa shape index (κ1) is 20.0. The highest BCUT2D eigenvalue weighted by atomic mass is 79.9. The number of amides is 2. The van der Waals surface area contributed by atoms with Crippen molar-refractivity contribution < 1.29 is 14.3 Å². The van der Waals surface area contributed by atoms with E-state index in [1.165, 1.54) is 5.56 Å². The fourth-order valence-corrected chi connectivity index (χ4v) is 2.66. The minimum absolute atomic E-state index is 0.00297. The Morgan fingerprint density at radius 2 is 1.65 bits per heavy atom. The number of nitrogens with two attached hydrogens (primary N) is 1. The molecule has 3 N–H and O–H groups in total. The summed E-state index contributed by atoms with van der Waals surface area (Å²) in [6.07, 6.45) is 3.46. The summed E-state index contributed by atoms with van der Waals surface area (Å²) in [6.45, 7) is 0.249. The maximum absolute atomic E-state index is 12.0. The van der Waals surface area contributed by atoms with Crippen LogP contribution in [0.2, 0.25) is 0 Å². The third-order valence-electron chi connectivity index (χ3n) is 3.79. The number of aryl methyl sites for hydroxylation is 1. The van der Waals surface area contributed by atoms with Gasteiger partial charge in [-0.15, -0.1) is 0 Å². The molecule has 2 aromatic carbocycles. The van der Waals surface area contributed by atoms with Gasteiger partial charge < -0.3 is 15.8 Å². The van der Waals surface area contributed by atoms with Crippen LogP contribution in [-0.2, 0) is 16.0 Å². The molecule has 6 heteroatoms. The molecule has 0 saturated heterocycles.